The van der Waals surface area contributed by atoms with Crippen LogP contribution in [0.4, 0.5) is 8.78 Å². The molecule has 0 heterocycles. The molecule has 0 saturated heterocycles. The van der Waals surface area contributed by atoms with Crippen LogP contribution >= 0.6 is 0 Å². The zero-order valence-corrected chi connectivity index (χ0v) is 11.5. The molecule has 1 radical (unpaired) electrons. The molecule has 20 heavy (non-hydrogen) atoms. The summed E-state index contributed by atoms with van der Waals surface area (Å²) in [6.45, 7) is 0. The van der Waals surface area contributed by atoms with Crippen molar-refractivity contribution in [3.05, 3.63) is 59.1 Å². The predicted octanol–water partition coefficient (Wildman–Crippen LogP) is 3.43. The lowest BCUT2D eigenvalue weighted by Crippen LogP contribution is -2.12. The van der Waals surface area contributed by atoms with Crippen molar-refractivity contribution in [2.45, 2.75) is 6.42 Å². The molecule has 0 atom stereocenters. The van der Waals surface area contributed by atoms with Crippen LogP contribution in [-0.4, -0.2) is 21.3 Å². The van der Waals surface area contributed by atoms with Gasteiger partial charge in [-0.1, -0.05) is 12.1 Å². The molecule has 0 bridgehead atoms. The van der Waals surface area contributed by atoms with E-state index in [1.807, 2.05) is 0 Å². The number of allylic oxidation sites excluding steroid dienone is 2. The Morgan fingerprint density at radius 1 is 0.950 bits per heavy atom. The van der Waals surface area contributed by atoms with Crippen LogP contribution in [0.25, 0.3) is 5.57 Å². The zero-order valence-electron chi connectivity index (χ0n) is 11.5. The minimum absolute atomic E-state index is 0.155. The van der Waals surface area contributed by atoms with E-state index in [0.717, 1.165) is 6.07 Å². The fourth-order valence-electron chi connectivity index (χ4n) is 2.18. The highest BCUT2D eigenvalue weighted by atomic mass is 19.2. The maximum Gasteiger partial charge on any atom is 0.199 e. The summed E-state index contributed by atoms with van der Waals surface area (Å²) < 4.78 is 43.0. The molecule has 2 rings (SSSR count). The number of ether oxygens (including phenoxy) is 3. The predicted molar refractivity (Wildman–Crippen MR) is 70.2 cm³/mol. The molecule has 0 aliphatic heterocycles. The first kappa shape index (κ1) is 14.4. The van der Waals surface area contributed by atoms with E-state index in [-0.39, 0.29) is 5.56 Å². The first-order chi connectivity index (χ1) is 9.63. The van der Waals surface area contributed by atoms with Crippen LogP contribution in [0.2, 0.25) is 0 Å². The van der Waals surface area contributed by atoms with Crippen molar-refractivity contribution < 1.29 is 23.0 Å². The van der Waals surface area contributed by atoms with Crippen LogP contribution < -0.4 is 0 Å². The van der Waals surface area contributed by atoms with Gasteiger partial charge in [-0.25, -0.2) is 8.78 Å². The third-order valence-corrected chi connectivity index (χ3v) is 3.10. The molecule has 1 aromatic carbocycles. The number of hydrogen-bond donors (Lipinski definition) is 0. The minimum atomic E-state index is -0.901. The highest BCUT2D eigenvalue weighted by molar-refractivity contribution is 5.74. The molecule has 0 aromatic heterocycles. The van der Waals surface area contributed by atoms with Crippen LogP contribution in [0.5, 0.6) is 0 Å². The summed E-state index contributed by atoms with van der Waals surface area (Å²) in [4.78, 5) is 0. The van der Waals surface area contributed by atoms with Crippen molar-refractivity contribution in [2.75, 3.05) is 21.3 Å². The number of hydrogen-bond acceptors (Lipinski definition) is 3. The van der Waals surface area contributed by atoms with Gasteiger partial charge in [-0.05, 0) is 12.5 Å². The highest BCUT2D eigenvalue weighted by Crippen LogP contribution is 2.37. The number of benzene rings is 1. The summed E-state index contributed by atoms with van der Waals surface area (Å²) >= 11 is 0. The van der Waals surface area contributed by atoms with Crippen LogP contribution in [0.15, 0.2) is 35.5 Å². The van der Waals surface area contributed by atoms with Crippen molar-refractivity contribution >= 4 is 5.57 Å². The average molecular weight is 281 g/mol. The SMILES string of the molecule is COC1=C(OC)C(OC)=C(c2cccc(F)c2F)C[CH]1. The van der Waals surface area contributed by atoms with Gasteiger partial charge in [-0.3, -0.25) is 0 Å². The third-order valence-electron chi connectivity index (χ3n) is 3.10. The van der Waals surface area contributed by atoms with Crippen LogP contribution in [0.3, 0.4) is 0 Å². The molecule has 107 valence electrons. The second kappa shape index (κ2) is 5.94. The normalized spacial score (nSPS) is 15.4. The lowest BCUT2D eigenvalue weighted by molar-refractivity contribution is 0.185. The lowest BCUT2D eigenvalue weighted by Gasteiger charge is -2.23. The molecule has 3 nitrogen and oxygen atoms in total. The molecule has 5 heteroatoms. The molecule has 0 unspecified atom stereocenters. The quantitative estimate of drug-likeness (QED) is 0.846. The van der Waals surface area contributed by atoms with Crippen molar-refractivity contribution in [3.63, 3.8) is 0 Å². The van der Waals surface area contributed by atoms with Gasteiger partial charge in [-0.2, -0.15) is 0 Å². The molecule has 1 aliphatic carbocycles. The second-order valence-corrected chi connectivity index (χ2v) is 4.12. The summed E-state index contributed by atoms with van der Waals surface area (Å²) in [5.74, 6) is -0.589. The molecule has 1 aromatic rings. The molecular formula is C15H15F2O3. The van der Waals surface area contributed by atoms with E-state index in [2.05, 4.69) is 0 Å². The summed E-state index contributed by atoms with van der Waals surface area (Å²) in [6.07, 6.45) is 2.10. The molecule has 0 fully saturated rings. The Bertz CT molecular complexity index is 576. The molecule has 1 aliphatic rings. The van der Waals surface area contributed by atoms with Gasteiger partial charge in [0.2, 0.25) is 0 Å². The first-order valence-electron chi connectivity index (χ1n) is 6.01. The lowest BCUT2D eigenvalue weighted by atomic mass is 9.93. The van der Waals surface area contributed by atoms with E-state index < -0.39 is 11.6 Å². The van der Waals surface area contributed by atoms with Gasteiger partial charge in [0.25, 0.3) is 0 Å². The standard InChI is InChI=1S/C15H15F2O3/c1-18-12-8-7-10(14(19-2)15(12)20-3)9-5-4-6-11(16)13(9)17/h4-6,8H,7H2,1-3H3. The van der Waals surface area contributed by atoms with Gasteiger partial charge in [-0.15, -0.1) is 0 Å². The Labute approximate surface area is 116 Å². The summed E-state index contributed by atoms with van der Waals surface area (Å²) in [7, 11) is 4.42. The number of methoxy groups -OCH3 is 3. The van der Waals surface area contributed by atoms with Crippen molar-refractivity contribution in [1.82, 2.24) is 0 Å². The monoisotopic (exact) mass is 281 g/mol. The summed E-state index contributed by atoms with van der Waals surface area (Å²) in [5, 5.41) is 0. The maximum absolute atomic E-state index is 13.9. The molecule has 0 saturated carbocycles. The van der Waals surface area contributed by atoms with Gasteiger partial charge >= 0.3 is 0 Å². The summed E-state index contributed by atoms with van der Waals surface area (Å²) in [5.41, 5.74) is 0.671. The van der Waals surface area contributed by atoms with Crippen molar-refractivity contribution in [3.8, 4) is 0 Å². The fourth-order valence-corrected chi connectivity index (χ4v) is 2.18. The van der Waals surface area contributed by atoms with Gasteiger partial charge in [0.1, 0.15) is 5.76 Å². The Morgan fingerprint density at radius 3 is 2.25 bits per heavy atom. The number of halogens is 2. The summed E-state index contributed by atoms with van der Waals surface area (Å²) in [6, 6.07) is 4.04. The largest absolute Gasteiger partial charge is 0.497 e. The fraction of sp³-hybridized carbons (Fsp3) is 0.267. The molecule has 0 amide bonds. The average Bonchev–Trinajstić information content (AvgIpc) is 2.48. The van der Waals surface area contributed by atoms with Crippen LogP contribution in [-0.2, 0) is 14.2 Å². The van der Waals surface area contributed by atoms with Gasteiger partial charge in [0.05, 0.1) is 21.3 Å². The Hall–Kier alpha value is -2.04. The van der Waals surface area contributed by atoms with E-state index >= 15 is 0 Å². The minimum Gasteiger partial charge on any atom is -0.497 e. The van der Waals surface area contributed by atoms with Crippen molar-refractivity contribution in [1.29, 1.82) is 0 Å². The van der Waals surface area contributed by atoms with Gasteiger partial charge in [0, 0.05) is 17.6 Å². The van der Waals surface area contributed by atoms with Gasteiger partial charge in [0.15, 0.2) is 23.2 Å². The van der Waals surface area contributed by atoms with Gasteiger partial charge < -0.3 is 14.2 Å². The van der Waals surface area contributed by atoms with E-state index in [4.69, 9.17) is 14.2 Å². The topological polar surface area (TPSA) is 27.7 Å². The molecule has 0 N–H and O–H groups in total. The third kappa shape index (κ3) is 2.35. The Kier molecular flexibility index (Phi) is 4.27. The van der Waals surface area contributed by atoms with E-state index in [1.54, 1.807) is 6.42 Å². The van der Waals surface area contributed by atoms with Crippen LogP contribution in [0.1, 0.15) is 12.0 Å². The van der Waals surface area contributed by atoms with Crippen molar-refractivity contribution in [2.24, 2.45) is 0 Å². The van der Waals surface area contributed by atoms with E-state index in [0.29, 0.717) is 29.3 Å². The zero-order chi connectivity index (χ0) is 14.7. The second-order valence-electron chi connectivity index (χ2n) is 4.12. The Morgan fingerprint density at radius 2 is 1.65 bits per heavy atom. The van der Waals surface area contributed by atoms with E-state index in [1.165, 1.54) is 33.5 Å². The number of rotatable bonds is 4. The highest BCUT2D eigenvalue weighted by Gasteiger charge is 2.27. The molecular weight excluding hydrogens is 266 g/mol. The maximum atomic E-state index is 13.9. The van der Waals surface area contributed by atoms with Crippen LogP contribution in [0, 0.1) is 18.1 Å². The Balaban J connectivity index is 2.62. The smallest absolute Gasteiger partial charge is 0.199 e. The van der Waals surface area contributed by atoms with E-state index in [9.17, 15) is 8.78 Å². The molecule has 0 spiro atoms. The first-order valence-corrected chi connectivity index (χ1v) is 6.01.